The molecule has 70 valence electrons. The predicted molar refractivity (Wildman–Crippen MR) is 47.7 cm³/mol. The second-order valence-corrected chi connectivity index (χ2v) is 3.49. The molecule has 0 amide bonds. The summed E-state index contributed by atoms with van der Waals surface area (Å²) in [6.07, 6.45) is 0.882. The normalized spacial score (nSPS) is 27.0. The zero-order chi connectivity index (χ0) is 9.42. The fourth-order valence-corrected chi connectivity index (χ4v) is 1.78. The van der Waals surface area contributed by atoms with E-state index in [-0.39, 0.29) is 11.9 Å². The maximum Gasteiger partial charge on any atom is 0.123 e. The minimum atomic E-state index is -0.709. The Hall–Kier alpha value is -0.930. The molecule has 2 nitrogen and oxygen atoms in total. The highest BCUT2D eigenvalue weighted by Gasteiger charge is 2.24. The van der Waals surface area contributed by atoms with Crippen molar-refractivity contribution in [2.75, 3.05) is 0 Å². The van der Waals surface area contributed by atoms with Gasteiger partial charge in [-0.05, 0) is 36.1 Å². The van der Waals surface area contributed by atoms with Crippen molar-refractivity contribution in [3.63, 3.8) is 0 Å². The molecule has 0 aromatic heterocycles. The van der Waals surface area contributed by atoms with Gasteiger partial charge in [-0.1, -0.05) is 6.07 Å². The monoisotopic (exact) mass is 181 g/mol. The van der Waals surface area contributed by atoms with Crippen LogP contribution in [0.4, 0.5) is 4.39 Å². The van der Waals surface area contributed by atoms with Crippen molar-refractivity contribution in [1.29, 1.82) is 0 Å². The maximum absolute atomic E-state index is 12.8. The summed E-state index contributed by atoms with van der Waals surface area (Å²) in [4.78, 5) is 0. The average molecular weight is 181 g/mol. The lowest BCUT2D eigenvalue weighted by atomic mass is 9.86. The summed E-state index contributed by atoms with van der Waals surface area (Å²) in [6.45, 7) is 0. The van der Waals surface area contributed by atoms with Gasteiger partial charge in [0, 0.05) is 6.04 Å². The summed E-state index contributed by atoms with van der Waals surface area (Å²) in [5.41, 5.74) is 7.33. The van der Waals surface area contributed by atoms with E-state index in [2.05, 4.69) is 0 Å². The number of halogens is 1. The molecule has 0 saturated carbocycles. The molecule has 0 spiro atoms. The summed E-state index contributed by atoms with van der Waals surface area (Å²) in [6, 6.07) is 4.26. The Morgan fingerprint density at radius 1 is 1.46 bits per heavy atom. The summed E-state index contributed by atoms with van der Waals surface area (Å²) >= 11 is 0. The number of aliphatic hydroxyl groups is 1. The molecule has 0 unspecified atom stereocenters. The predicted octanol–water partition coefficient (Wildman–Crippen LogP) is 1.13. The number of benzene rings is 1. The van der Waals surface area contributed by atoms with Gasteiger partial charge >= 0.3 is 0 Å². The third kappa shape index (κ3) is 1.45. The topological polar surface area (TPSA) is 46.2 Å². The SMILES string of the molecule is N[C@H]1CCc2ccc(F)cc2[C@H]1O. The van der Waals surface area contributed by atoms with E-state index in [0.717, 1.165) is 18.4 Å². The summed E-state index contributed by atoms with van der Waals surface area (Å²) in [7, 11) is 0. The highest BCUT2D eigenvalue weighted by atomic mass is 19.1. The molecule has 0 radical (unpaired) electrons. The van der Waals surface area contributed by atoms with Gasteiger partial charge in [-0.25, -0.2) is 4.39 Å². The zero-order valence-corrected chi connectivity index (χ0v) is 7.20. The Kier molecular flexibility index (Phi) is 2.06. The van der Waals surface area contributed by atoms with Gasteiger partial charge in [-0.15, -0.1) is 0 Å². The van der Waals surface area contributed by atoms with E-state index < -0.39 is 6.10 Å². The van der Waals surface area contributed by atoms with Gasteiger partial charge in [-0.3, -0.25) is 0 Å². The highest BCUT2D eigenvalue weighted by molar-refractivity contribution is 5.33. The van der Waals surface area contributed by atoms with E-state index in [0.29, 0.717) is 5.56 Å². The Bertz CT molecular complexity index is 327. The molecule has 13 heavy (non-hydrogen) atoms. The number of aliphatic hydroxyl groups excluding tert-OH is 1. The van der Waals surface area contributed by atoms with Gasteiger partial charge in [0.2, 0.25) is 0 Å². The lowest BCUT2D eigenvalue weighted by Crippen LogP contribution is -2.33. The molecule has 2 rings (SSSR count). The number of hydrogen-bond acceptors (Lipinski definition) is 2. The van der Waals surface area contributed by atoms with Crippen LogP contribution in [0.2, 0.25) is 0 Å². The smallest absolute Gasteiger partial charge is 0.123 e. The minimum absolute atomic E-state index is 0.255. The van der Waals surface area contributed by atoms with Crippen LogP contribution in [-0.4, -0.2) is 11.1 Å². The Balaban J connectivity index is 2.45. The van der Waals surface area contributed by atoms with Crippen LogP contribution >= 0.6 is 0 Å². The Morgan fingerprint density at radius 3 is 3.00 bits per heavy atom. The Morgan fingerprint density at radius 2 is 2.23 bits per heavy atom. The van der Waals surface area contributed by atoms with Gasteiger partial charge in [0.05, 0.1) is 6.10 Å². The van der Waals surface area contributed by atoms with Crippen LogP contribution in [0.3, 0.4) is 0 Å². The van der Waals surface area contributed by atoms with Crippen molar-refractivity contribution in [2.45, 2.75) is 25.0 Å². The molecule has 3 N–H and O–H groups in total. The molecular weight excluding hydrogens is 169 g/mol. The maximum atomic E-state index is 12.8. The van der Waals surface area contributed by atoms with E-state index in [1.54, 1.807) is 6.07 Å². The van der Waals surface area contributed by atoms with Gasteiger partial charge in [0.1, 0.15) is 5.82 Å². The highest BCUT2D eigenvalue weighted by Crippen LogP contribution is 2.29. The Labute approximate surface area is 76.2 Å². The van der Waals surface area contributed by atoms with Crippen LogP contribution in [0, 0.1) is 5.82 Å². The number of aryl methyl sites for hydroxylation is 1. The van der Waals surface area contributed by atoms with Crippen molar-refractivity contribution in [1.82, 2.24) is 0 Å². The largest absolute Gasteiger partial charge is 0.387 e. The minimum Gasteiger partial charge on any atom is -0.387 e. The molecule has 0 heterocycles. The molecule has 0 saturated heterocycles. The first-order chi connectivity index (χ1) is 6.18. The zero-order valence-electron chi connectivity index (χ0n) is 7.20. The molecule has 0 aliphatic heterocycles. The van der Waals surface area contributed by atoms with Crippen LogP contribution in [0.5, 0.6) is 0 Å². The number of hydrogen-bond donors (Lipinski definition) is 2. The molecule has 0 fully saturated rings. The van der Waals surface area contributed by atoms with Crippen molar-refractivity contribution in [2.24, 2.45) is 5.73 Å². The molecule has 3 heteroatoms. The first-order valence-corrected chi connectivity index (χ1v) is 4.40. The lowest BCUT2D eigenvalue weighted by Gasteiger charge is -2.27. The lowest BCUT2D eigenvalue weighted by molar-refractivity contribution is 0.133. The molecule has 1 aliphatic carbocycles. The van der Waals surface area contributed by atoms with Crippen LogP contribution in [0.15, 0.2) is 18.2 Å². The average Bonchev–Trinajstić information content (AvgIpc) is 2.12. The van der Waals surface area contributed by atoms with Crippen LogP contribution < -0.4 is 5.73 Å². The number of nitrogens with two attached hydrogens (primary N) is 1. The van der Waals surface area contributed by atoms with E-state index in [1.165, 1.54) is 12.1 Å². The number of rotatable bonds is 0. The van der Waals surface area contributed by atoms with Gasteiger partial charge in [0.25, 0.3) is 0 Å². The third-order valence-electron chi connectivity index (χ3n) is 2.58. The second-order valence-electron chi connectivity index (χ2n) is 3.49. The van der Waals surface area contributed by atoms with Crippen LogP contribution in [0.25, 0.3) is 0 Å². The first-order valence-electron chi connectivity index (χ1n) is 4.40. The fourth-order valence-electron chi connectivity index (χ4n) is 1.78. The second kappa shape index (κ2) is 3.09. The molecule has 1 aromatic rings. The fraction of sp³-hybridized carbons (Fsp3) is 0.400. The summed E-state index contributed by atoms with van der Waals surface area (Å²) in [5.74, 6) is -0.313. The van der Waals surface area contributed by atoms with Crippen molar-refractivity contribution in [3.05, 3.63) is 35.1 Å². The van der Waals surface area contributed by atoms with Crippen molar-refractivity contribution in [3.8, 4) is 0 Å². The molecule has 0 bridgehead atoms. The summed E-state index contributed by atoms with van der Waals surface area (Å²) < 4.78 is 12.8. The van der Waals surface area contributed by atoms with E-state index >= 15 is 0 Å². The standard InChI is InChI=1S/C10H12FNO/c11-7-3-1-6-2-4-9(12)10(13)8(6)5-7/h1,3,5,9-10,13H,2,4,12H2/t9-,10+/m0/s1. The first kappa shape index (κ1) is 8.66. The van der Waals surface area contributed by atoms with Gasteiger partial charge < -0.3 is 10.8 Å². The van der Waals surface area contributed by atoms with Crippen LogP contribution in [-0.2, 0) is 6.42 Å². The van der Waals surface area contributed by atoms with Gasteiger partial charge in [0.15, 0.2) is 0 Å². The van der Waals surface area contributed by atoms with Crippen molar-refractivity contribution < 1.29 is 9.50 Å². The van der Waals surface area contributed by atoms with Crippen molar-refractivity contribution >= 4 is 0 Å². The van der Waals surface area contributed by atoms with E-state index in [9.17, 15) is 9.50 Å². The van der Waals surface area contributed by atoms with E-state index in [4.69, 9.17) is 5.73 Å². The third-order valence-corrected chi connectivity index (χ3v) is 2.58. The molecular formula is C10H12FNO. The number of fused-ring (bicyclic) bond motifs is 1. The quantitative estimate of drug-likeness (QED) is 0.630. The molecule has 1 aromatic carbocycles. The molecule has 2 atom stereocenters. The van der Waals surface area contributed by atoms with Crippen LogP contribution in [0.1, 0.15) is 23.7 Å². The van der Waals surface area contributed by atoms with E-state index in [1.807, 2.05) is 0 Å². The van der Waals surface area contributed by atoms with Gasteiger partial charge in [-0.2, -0.15) is 0 Å². The summed E-state index contributed by atoms with van der Waals surface area (Å²) in [5, 5.41) is 9.66. The molecule has 1 aliphatic rings.